The van der Waals surface area contributed by atoms with E-state index in [1.165, 1.54) is 12.1 Å². The summed E-state index contributed by atoms with van der Waals surface area (Å²) in [4.78, 5) is 12.2. The Kier molecular flexibility index (Phi) is 4.07. The van der Waals surface area contributed by atoms with Crippen molar-refractivity contribution in [2.75, 3.05) is 0 Å². The lowest BCUT2D eigenvalue weighted by Gasteiger charge is -2.07. The second-order valence-electron chi connectivity index (χ2n) is 4.54. The summed E-state index contributed by atoms with van der Waals surface area (Å²) in [7, 11) is 0. The lowest BCUT2D eigenvalue weighted by atomic mass is 9.98. The third kappa shape index (κ3) is 3.06. The third-order valence-electron chi connectivity index (χ3n) is 3.17. The molecule has 2 aromatic rings. The van der Waals surface area contributed by atoms with Gasteiger partial charge in [-0.1, -0.05) is 24.3 Å². The Morgan fingerprint density at radius 2 is 1.84 bits per heavy atom. The number of benzene rings is 2. The number of aryl methyl sites for hydroxylation is 1. The quantitative estimate of drug-likeness (QED) is 0.855. The minimum Gasteiger partial charge on any atom is -0.326 e. The van der Waals surface area contributed by atoms with E-state index in [1.54, 1.807) is 13.0 Å². The van der Waals surface area contributed by atoms with Crippen LogP contribution in [0.25, 0.3) is 0 Å². The first-order chi connectivity index (χ1) is 9.11. The van der Waals surface area contributed by atoms with E-state index in [-0.39, 0.29) is 11.6 Å². The maximum absolute atomic E-state index is 13.2. The summed E-state index contributed by atoms with van der Waals surface area (Å²) in [6, 6.07) is 12.0. The van der Waals surface area contributed by atoms with Gasteiger partial charge in [-0.15, -0.1) is 0 Å². The summed E-state index contributed by atoms with van der Waals surface area (Å²) in [5, 5.41) is 0. The van der Waals surface area contributed by atoms with Crippen LogP contribution in [-0.4, -0.2) is 5.78 Å². The fraction of sp³-hybridized carbons (Fsp3) is 0.188. The van der Waals surface area contributed by atoms with E-state index in [0.29, 0.717) is 24.1 Å². The van der Waals surface area contributed by atoms with Gasteiger partial charge < -0.3 is 5.73 Å². The first kappa shape index (κ1) is 13.4. The van der Waals surface area contributed by atoms with E-state index in [1.807, 2.05) is 24.3 Å². The molecule has 0 aliphatic rings. The van der Waals surface area contributed by atoms with Crippen molar-refractivity contribution < 1.29 is 9.18 Å². The predicted octanol–water partition coefficient (Wildman–Crippen LogP) is 3.02. The number of halogens is 1. The molecule has 0 unspecified atom stereocenters. The Hall–Kier alpha value is -2.00. The van der Waals surface area contributed by atoms with Crippen molar-refractivity contribution in [3.05, 3.63) is 70.5 Å². The summed E-state index contributed by atoms with van der Waals surface area (Å²) >= 11 is 0. The molecule has 0 aromatic heterocycles. The molecule has 0 aliphatic carbocycles. The smallest absolute Gasteiger partial charge is 0.167 e. The van der Waals surface area contributed by atoms with Gasteiger partial charge in [-0.05, 0) is 41.8 Å². The van der Waals surface area contributed by atoms with Crippen LogP contribution in [0.2, 0.25) is 0 Å². The van der Waals surface area contributed by atoms with Gasteiger partial charge in [0.25, 0.3) is 0 Å². The van der Waals surface area contributed by atoms with Gasteiger partial charge in [0.05, 0.1) is 0 Å². The van der Waals surface area contributed by atoms with Crippen LogP contribution in [0.4, 0.5) is 4.39 Å². The number of rotatable bonds is 4. The van der Waals surface area contributed by atoms with Crippen LogP contribution in [0, 0.1) is 12.7 Å². The zero-order valence-electron chi connectivity index (χ0n) is 10.8. The van der Waals surface area contributed by atoms with Crippen molar-refractivity contribution in [2.45, 2.75) is 19.9 Å². The Morgan fingerprint density at radius 3 is 2.47 bits per heavy atom. The van der Waals surface area contributed by atoms with Crippen LogP contribution in [-0.2, 0) is 13.0 Å². The largest absolute Gasteiger partial charge is 0.326 e. The van der Waals surface area contributed by atoms with Gasteiger partial charge in [0, 0.05) is 18.5 Å². The van der Waals surface area contributed by atoms with Crippen molar-refractivity contribution >= 4 is 5.78 Å². The number of ketones is 1. The fourth-order valence-electron chi connectivity index (χ4n) is 2.02. The van der Waals surface area contributed by atoms with E-state index in [0.717, 1.165) is 11.1 Å². The normalized spacial score (nSPS) is 10.5. The van der Waals surface area contributed by atoms with Crippen LogP contribution < -0.4 is 5.73 Å². The van der Waals surface area contributed by atoms with Crippen molar-refractivity contribution in [1.82, 2.24) is 0 Å². The van der Waals surface area contributed by atoms with Gasteiger partial charge in [-0.25, -0.2) is 4.39 Å². The standard InChI is InChI=1S/C16H16FNO/c1-11-8-13(6-7-15(11)17)16(19)9-12-4-2-3-5-14(12)10-18/h2-8H,9-10,18H2,1H3. The fourth-order valence-corrected chi connectivity index (χ4v) is 2.02. The van der Waals surface area contributed by atoms with Crippen LogP contribution in [0.3, 0.4) is 0 Å². The van der Waals surface area contributed by atoms with Gasteiger partial charge >= 0.3 is 0 Å². The van der Waals surface area contributed by atoms with Gasteiger partial charge in [0.15, 0.2) is 5.78 Å². The molecule has 3 heteroatoms. The Balaban J connectivity index is 2.23. The molecule has 19 heavy (non-hydrogen) atoms. The maximum Gasteiger partial charge on any atom is 0.167 e. The first-order valence-electron chi connectivity index (χ1n) is 6.18. The van der Waals surface area contributed by atoms with Gasteiger partial charge in [0.1, 0.15) is 5.82 Å². The molecule has 0 radical (unpaired) electrons. The minimum absolute atomic E-state index is 0.0241. The zero-order valence-corrected chi connectivity index (χ0v) is 10.8. The number of carbonyl (C=O) groups excluding carboxylic acids is 1. The zero-order chi connectivity index (χ0) is 13.8. The monoisotopic (exact) mass is 257 g/mol. The molecule has 0 saturated heterocycles. The number of Topliss-reactive ketones (excluding diaryl/α,β-unsaturated/α-hetero) is 1. The van der Waals surface area contributed by atoms with Crippen molar-refractivity contribution in [3.8, 4) is 0 Å². The van der Waals surface area contributed by atoms with Crippen LogP contribution in [0.5, 0.6) is 0 Å². The topological polar surface area (TPSA) is 43.1 Å². The van der Waals surface area contributed by atoms with Gasteiger partial charge in [-0.3, -0.25) is 4.79 Å². The lowest BCUT2D eigenvalue weighted by molar-refractivity contribution is 0.0992. The number of carbonyl (C=O) groups is 1. The minimum atomic E-state index is -0.293. The first-order valence-corrected chi connectivity index (χ1v) is 6.18. The van der Waals surface area contributed by atoms with Crippen molar-refractivity contribution in [2.24, 2.45) is 5.73 Å². The van der Waals surface area contributed by atoms with Gasteiger partial charge in [-0.2, -0.15) is 0 Å². The number of hydrogen-bond acceptors (Lipinski definition) is 2. The SMILES string of the molecule is Cc1cc(C(=O)Cc2ccccc2CN)ccc1F. The second-order valence-corrected chi connectivity index (χ2v) is 4.54. The molecule has 0 saturated carbocycles. The number of nitrogens with two attached hydrogens (primary N) is 1. The Morgan fingerprint density at radius 1 is 1.16 bits per heavy atom. The molecule has 2 aromatic carbocycles. The highest BCUT2D eigenvalue weighted by molar-refractivity contribution is 5.97. The molecule has 0 atom stereocenters. The molecule has 0 heterocycles. The van der Waals surface area contributed by atoms with Crippen molar-refractivity contribution in [1.29, 1.82) is 0 Å². The highest BCUT2D eigenvalue weighted by Gasteiger charge is 2.10. The molecule has 0 spiro atoms. The predicted molar refractivity (Wildman–Crippen MR) is 73.5 cm³/mol. The Labute approximate surface area is 112 Å². The molecule has 2 nitrogen and oxygen atoms in total. The van der Waals surface area contributed by atoms with E-state index in [9.17, 15) is 9.18 Å². The summed E-state index contributed by atoms with van der Waals surface area (Å²) in [6.45, 7) is 2.06. The van der Waals surface area contributed by atoms with E-state index >= 15 is 0 Å². The molecular weight excluding hydrogens is 241 g/mol. The average molecular weight is 257 g/mol. The van der Waals surface area contributed by atoms with Crippen LogP contribution in [0.1, 0.15) is 27.0 Å². The van der Waals surface area contributed by atoms with Crippen LogP contribution >= 0.6 is 0 Å². The molecule has 0 amide bonds. The second kappa shape index (κ2) is 5.76. The average Bonchev–Trinajstić information content (AvgIpc) is 2.42. The van der Waals surface area contributed by atoms with E-state index < -0.39 is 0 Å². The lowest BCUT2D eigenvalue weighted by Crippen LogP contribution is -2.08. The highest BCUT2D eigenvalue weighted by Crippen LogP contribution is 2.14. The van der Waals surface area contributed by atoms with Crippen LogP contribution in [0.15, 0.2) is 42.5 Å². The molecule has 0 aliphatic heterocycles. The molecule has 2 N–H and O–H groups in total. The molecular formula is C16H16FNO. The van der Waals surface area contributed by atoms with Gasteiger partial charge in [0.2, 0.25) is 0 Å². The molecule has 98 valence electrons. The maximum atomic E-state index is 13.2. The van der Waals surface area contributed by atoms with E-state index in [4.69, 9.17) is 5.73 Å². The third-order valence-corrected chi connectivity index (χ3v) is 3.17. The summed E-state index contributed by atoms with van der Waals surface area (Å²) in [5.41, 5.74) is 8.56. The Bertz CT molecular complexity index is 607. The number of hydrogen-bond donors (Lipinski definition) is 1. The summed E-state index contributed by atoms with van der Waals surface area (Å²) in [6.07, 6.45) is 0.290. The molecule has 2 rings (SSSR count). The highest BCUT2D eigenvalue weighted by atomic mass is 19.1. The summed E-state index contributed by atoms with van der Waals surface area (Å²) in [5.74, 6) is -0.317. The van der Waals surface area contributed by atoms with E-state index in [2.05, 4.69) is 0 Å². The van der Waals surface area contributed by atoms with Crippen molar-refractivity contribution in [3.63, 3.8) is 0 Å². The molecule has 0 fully saturated rings. The summed E-state index contributed by atoms with van der Waals surface area (Å²) < 4.78 is 13.2. The molecule has 0 bridgehead atoms.